The maximum Gasteiger partial charge on any atom is 0.255 e. The van der Waals surface area contributed by atoms with E-state index in [0.717, 1.165) is 35.6 Å². The maximum atomic E-state index is 12.5. The molecule has 0 spiro atoms. The largest absolute Gasteiger partial charge is 0.493 e. The van der Waals surface area contributed by atoms with Gasteiger partial charge in [0.2, 0.25) is 5.75 Å². The Balaban J connectivity index is 1.84. The number of aromatic nitrogens is 2. The highest BCUT2D eigenvalue weighted by molar-refractivity contribution is 5.53. The predicted octanol–water partition coefficient (Wildman–Crippen LogP) is 2.48. The zero-order valence-electron chi connectivity index (χ0n) is 16.6. The number of rotatable bonds is 6. The minimum absolute atomic E-state index is 0.0294. The topological polar surface area (TPSA) is 76.7 Å². The van der Waals surface area contributed by atoms with Crippen molar-refractivity contribution in [1.29, 1.82) is 0 Å². The number of hydrogen-bond acceptors (Lipinski definition) is 6. The van der Waals surface area contributed by atoms with E-state index < -0.39 is 0 Å². The molecule has 146 valence electrons. The molecule has 1 aromatic carbocycles. The van der Waals surface area contributed by atoms with E-state index >= 15 is 0 Å². The van der Waals surface area contributed by atoms with Crippen LogP contribution in [0.1, 0.15) is 42.4 Å². The van der Waals surface area contributed by atoms with Gasteiger partial charge in [-0.2, -0.15) is 0 Å². The molecule has 2 aromatic rings. The highest BCUT2D eigenvalue weighted by Gasteiger charge is 2.23. The number of nitrogens with zero attached hydrogens (tertiary/aromatic N) is 2. The Kier molecular flexibility index (Phi) is 5.70. The van der Waals surface area contributed by atoms with Crippen molar-refractivity contribution in [3.05, 3.63) is 45.1 Å². The molecule has 0 saturated heterocycles. The van der Waals surface area contributed by atoms with Gasteiger partial charge in [-0.15, -0.1) is 0 Å². The molecule has 0 amide bonds. The first kappa shape index (κ1) is 19.2. The first-order valence-electron chi connectivity index (χ1n) is 9.10. The molecule has 0 saturated carbocycles. The Morgan fingerprint density at radius 1 is 1.15 bits per heavy atom. The fourth-order valence-electron chi connectivity index (χ4n) is 3.39. The molecule has 1 aliphatic rings. The van der Waals surface area contributed by atoms with Crippen LogP contribution in [0, 0.1) is 0 Å². The highest BCUT2D eigenvalue weighted by Crippen LogP contribution is 2.38. The average molecular weight is 373 g/mol. The Labute approximate surface area is 159 Å². The SMILES string of the molecule is COc1cc(CN2CCc3nc(C(C)C)[nH]c(=O)c3C2)cc(OC)c1OC. The van der Waals surface area contributed by atoms with Crippen molar-refractivity contribution < 1.29 is 14.2 Å². The third-order valence-corrected chi connectivity index (χ3v) is 4.84. The lowest BCUT2D eigenvalue weighted by atomic mass is 10.0. The van der Waals surface area contributed by atoms with Gasteiger partial charge in [-0.05, 0) is 17.7 Å². The van der Waals surface area contributed by atoms with Gasteiger partial charge in [0.1, 0.15) is 5.82 Å². The smallest absolute Gasteiger partial charge is 0.255 e. The standard InChI is InChI=1S/C20H27N3O4/c1-12(2)19-21-15-6-7-23(11-14(15)20(24)22-19)10-13-8-16(25-3)18(27-5)17(9-13)26-4/h8-9,12H,6-7,10-11H2,1-5H3,(H,21,22,24). The van der Waals surface area contributed by atoms with E-state index in [1.165, 1.54) is 0 Å². The molecule has 3 rings (SSSR count). The Hall–Kier alpha value is -2.54. The Bertz CT molecular complexity index is 851. The number of nitrogens with one attached hydrogen (secondary N) is 1. The van der Waals surface area contributed by atoms with Gasteiger partial charge < -0.3 is 19.2 Å². The number of H-pyrrole nitrogens is 1. The zero-order valence-corrected chi connectivity index (χ0v) is 16.6. The van der Waals surface area contributed by atoms with Crippen molar-refractivity contribution in [2.24, 2.45) is 0 Å². The van der Waals surface area contributed by atoms with Gasteiger partial charge in [0.25, 0.3) is 5.56 Å². The number of methoxy groups -OCH3 is 3. The molecule has 7 heteroatoms. The molecular weight excluding hydrogens is 346 g/mol. The second-order valence-corrected chi connectivity index (χ2v) is 7.03. The van der Waals surface area contributed by atoms with Crippen molar-refractivity contribution in [1.82, 2.24) is 14.9 Å². The van der Waals surface area contributed by atoms with Crippen LogP contribution >= 0.6 is 0 Å². The lowest BCUT2D eigenvalue weighted by Gasteiger charge is -2.28. The van der Waals surface area contributed by atoms with Crippen LogP contribution in [0.4, 0.5) is 0 Å². The molecule has 0 fully saturated rings. The van der Waals surface area contributed by atoms with Crippen molar-refractivity contribution in [2.75, 3.05) is 27.9 Å². The molecule has 0 unspecified atom stereocenters. The molecular formula is C20H27N3O4. The molecule has 1 aliphatic heterocycles. The summed E-state index contributed by atoms with van der Waals surface area (Å²) in [5.74, 6) is 2.81. The zero-order chi connectivity index (χ0) is 19.6. The van der Waals surface area contributed by atoms with Crippen LogP contribution in [0.25, 0.3) is 0 Å². The van der Waals surface area contributed by atoms with Crippen molar-refractivity contribution in [3.8, 4) is 17.2 Å². The van der Waals surface area contributed by atoms with Gasteiger partial charge in [-0.1, -0.05) is 13.8 Å². The molecule has 2 heterocycles. The molecule has 0 aliphatic carbocycles. The molecule has 0 radical (unpaired) electrons. The maximum absolute atomic E-state index is 12.5. The van der Waals surface area contributed by atoms with Crippen LogP contribution in [0.2, 0.25) is 0 Å². The summed E-state index contributed by atoms with van der Waals surface area (Å²) < 4.78 is 16.2. The van der Waals surface area contributed by atoms with Crippen LogP contribution in [-0.2, 0) is 19.5 Å². The summed E-state index contributed by atoms with van der Waals surface area (Å²) in [6.45, 7) is 6.17. The fraction of sp³-hybridized carbons (Fsp3) is 0.500. The lowest BCUT2D eigenvalue weighted by Crippen LogP contribution is -2.36. The monoisotopic (exact) mass is 373 g/mol. The minimum Gasteiger partial charge on any atom is -0.493 e. The number of aromatic amines is 1. The van der Waals surface area contributed by atoms with Crippen molar-refractivity contribution in [2.45, 2.75) is 39.3 Å². The van der Waals surface area contributed by atoms with Crippen LogP contribution in [0.15, 0.2) is 16.9 Å². The van der Waals surface area contributed by atoms with E-state index in [1.54, 1.807) is 21.3 Å². The minimum atomic E-state index is -0.0294. The number of benzene rings is 1. The molecule has 0 atom stereocenters. The summed E-state index contributed by atoms with van der Waals surface area (Å²) in [6.07, 6.45) is 0.767. The summed E-state index contributed by atoms with van der Waals surface area (Å²) in [5.41, 5.74) is 2.69. The van der Waals surface area contributed by atoms with Crippen LogP contribution < -0.4 is 19.8 Å². The Morgan fingerprint density at radius 3 is 2.37 bits per heavy atom. The Morgan fingerprint density at radius 2 is 1.81 bits per heavy atom. The molecule has 1 aromatic heterocycles. The van der Waals surface area contributed by atoms with Gasteiger partial charge in [0.15, 0.2) is 11.5 Å². The number of fused-ring (bicyclic) bond motifs is 1. The number of hydrogen-bond donors (Lipinski definition) is 1. The van der Waals surface area contributed by atoms with Gasteiger partial charge in [-0.25, -0.2) is 4.98 Å². The number of ether oxygens (including phenoxy) is 3. The van der Waals surface area contributed by atoms with Crippen molar-refractivity contribution >= 4 is 0 Å². The second-order valence-electron chi connectivity index (χ2n) is 7.03. The van der Waals surface area contributed by atoms with Gasteiger partial charge in [0, 0.05) is 32.0 Å². The predicted molar refractivity (Wildman–Crippen MR) is 103 cm³/mol. The van der Waals surface area contributed by atoms with Gasteiger partial charge >= 0.3 is 0 Å². The van der Waals surface area contributed by atoms with E-state index in [9.17, 15) is 4.79 Å². The third-order valence-electron chi connectivity index (χ3n) is 4.84. The van der Waals surface area contributed by atoms with Crippen molar-refractivity contribution in [3.63, 3.8) is 0 Å². The summed E-state index contributed by atoms with van der Waals surface area (Å²) in [6, 6.07) is 3.89. The van der Waals surface area contributed by atoms with E-state index in [1.807, 2.05) is 26.0 Å². The van der Waals surface area contributed by atoms with E-state index in [2.05, 4.69) is 14.9 Å². The molecule has 0 bridgehead atoms. The lowest BCUT2D eigenvalue weighted by molar-refractivity contribution is 0.240. The summed E-state index contributed by atoms with van der Waals surface area (Å²) in [5, 5.41) is 0. The molecule has 27 heavy (non-hydrogen) atoms. The summed E-state index contributed by atoms with van der Waals surface area (Å²) in [4.78, 5) is 22.3. The first-order valence-corrected chi connectivity index (χ1v) is 9.10. The highest BCUT2D eigenvalue weighted by atomic mass is 16.5. The summed E-state index contributed by atoms with van der Waals surface area (Å²) >= 11 is 0. The average Bonchev–Trinajstić information content (AvgIpc) is 2.67. The quantitative estimate of drug-likeness (QED) is 0.838. The third kappa shape index (κ3) is 3.93. The summed E-state index contributed by atoms with van der Waals surface area (Å²) in [7, 11) is 4.80. The molecule has 1 N–H and O–H groups in total. The van der Waals surface area contributed by atoms with Crippen LogP contribution in [-0.4, -0.2) is 42.7 Å². The second kappa shape index (κ2) is 8.00. The van der Waals surface area contributed by atoms with E-state index in [0.29, 0.717) is 30.3 Å². The molecule has 7 nitrogen and oxygen atoms in total. The first-order chi connectivity index (χ1) is 13.0. The van der Waals surface area contributed by atoms with Gasteiger partial charge in [-0.3, -0.25) is 9.69 Å². The van der Waals surface area contributed by atoms with E-state index in [4.69, 9.17) is 14.2 Å². The van der Waals surface area contributed by atoms with E-state index in [-0.39, 0.29) is 11.5 Å². The fourth-order valence-corrected chi connectivity index (χ4v) is 3.39. The normalized spacial score (nSPS) is 14.1. The van der Waals surface area contributed by atoms with Gasteiger partial charge in [0.05, 0.1) is 32.6 Å². The van der Waals surface area contributed by atoms with Crippen LogP contribution in [0.5, 0.6) is 17.2 Å². The van der Waals surface area contributed by atoms with Crippen LogP contribution in [0.3, 0.4) is 0 Å².